The molecule has 0 radical (unpaired) electrons. The molecular formula is C16H16ClNO4S. The van der Waals surface area contributed by atoms with E-state index in [1.807, 2.05) is 0 Å². The van der Waals surface area contributed by atoms with Crippen LogP contribution < -0.4 is 0 Å². The number of aromatic hydroxyl groups is 1. The van der Waals surface area contributed by atoms with Gasteiger partial charge >= 0.3 is 0 Å². The summed E-state index contributed by atoms with van der Waals surface area (Å²) >= 11 is 5.83. The Hall–Kier alpha value is -2.05. The van der Waals surface area contributed by atoms with Crippen LogP contribution in [0.4, 0.5) is 0 Å². The number of carbonyl (C=O) groups is 1. The molecule has 0 aliphatic carbocycles. The SMILES string of the molecule is CC(=O)N(CCc1cccc(O)c1)S(=O)(=O)c1cccc(Cl)c1. The minimum Gasteiger partial charge on any atom is -0.508 e. The van der Waals surface area contributed by atoms with Crippen LogP contribution in [0.15, 0.2) is 53.4 Å². The van der Waals surface area contributed by atoms with E-state index in [2.05, 4.69) is 0 Å². The van der Waals surface area contributed by atoms with Crippen LogP contribution in [-0.4, -0.2) is 30.3 Å². The maximum Gasteiger partial charge on any atom is 0.266 e. The molecule has 2 aromatic carbocycles. The highest BCUT2D eigenvalue weighted by molar-refractivity contribution is 7.89. The van der Waals surface area contributed by atoms with Gasteiger partial charge in [0, 0.05) is 18.5 Å². The fourth-order valence-corrected chi connectivity index (χ4v) is 3.85. The second kappa shape index (κ2) is 7.02. The molecule has 2 rings (SSSR count). The van der Waals surface area contributed by atoms with Crippen molar-refractivity contribution in [2.24, 2.45) is 0 Å². The number of benzene rings is 2. The lowest BCUT2D eigenvalue weighted by atomic mass is 10.1. The molecular weight excluding hydrogens is 338 g/mol. The van der Waals surface area contributed by atoms with Gasteiger partial charge in [0.15, 0.2) is 0 Å². The van der Waals surface area contributed by atoms with E-state index in [0.29, 0.717) is 6.42 Å². The Morgan fingerprint density at radius 1 is 1.17 bits per heavy atom. The Labute approximate surface area is 140 Å². The van der Waals surface area contributed by atoms with E-state index < -0.39 is 15.9 Å². The van der Waals surface area contributed by atoms with Gasteiger partial charge in [-0.15, -0.1) is 0 Å². The summed E-state index contributed by atoms with van der Waals surface area (Å²) in [6.07, 6.45) is 0.299. The lowest BCUT2D eigenvalue weighted by Crippen LogP contribution is -2.36. The first-order valence-electron chi connectivity index (χ1n) is 6.87. The highest BCUT2D eigenvalue weighted by Crippen LogP contribution is 2.21. The summed E-state index contributed by atoms with van der Waals surface area (Å²) in [7, 11) is -3.97. The van der Waals surface area contributed by atoms with E-state index in [0.717, 1.165) is 9.87 Å². The zero-order valence-electron chi connectivity index (χ0n) is 12.4. The summed E-state index contributed by atoms with van der Waals surface area (Å²) in [5.41, 5.74) is 0.734. The number of amides is 1. The number of hydrogen-bond acceptors (Lipinski definition) is 4. The molecule has 5 nitrogen and oxygen atoms in total. The van der Waals surface area contributed by atoms with Gasteiger partial charge in [-0.25, -0.2) is 12.7 Å². The first-order chi connectivity index (χ1) is 10.8. The molecule has 0 aromatic heterocycles. The summed E-state index contributed by atoms with van der Waals surface area (Å²) in [6, 6.07) is 12.2. The monoisotopic (exact) mass is 353 g/mol. The third-order valence-electron chi connectivity index (χ3n) is 3.25. The van der Waals surface area contributed by atoms with E-state index in [9.17, 15) is 18.3 Å². The Balaban J connectivity index is 2.26. The third-order valence-corrected chi connectivity index (χ3v) is 5.35. The predicted octanol–water partition coefficient (Wildman–Crippen LogP) is 2.83. The van der Waals surface area contributed by atoms with Crippen molar-refractivity contribution in [2.75, 3.05) is 6.54 Å². The van der Waals surface area contributed by atoms with Gasteiger partial charge in [-0.3, -0.25) is 4.79 Å². The molecule has 0 heterocycles. The fraction of sp³-hybridized carbons (Fsp3) is 0.188. The lowest BCUT2D eigenvalue weighted by Gasteiger charge is -2.21. The van der Waals surface area contributed by atoms with Crippen LogP contribution in [0.1, 0.15) is 12.5 Å². The molecule has 1 amide bonds. The Morgan fingerprint density at radius 2 is 1.87 bits per heavy atom. The Morgan fingerprint density at radius 3 is 2.48 bits per heavy atom. The lowest BCUT2D eigenvalue weighted by molar-refractivity contribution is -0.124. The van der Waals surface area contributed by atoms with Crippen LogP contribution in [0, 0.1) is 0 Å². The molecule has 0 saturated carbocycles. The highest BCUT2D eigenvalue weighted by Gasteiger charge is 2.26. The molecule has 0 bridgehead atoms. The standard InChI is InChI=1S/C16H16ClNO4S/c1-12(19)18(9-8-13-4-2-6-15(20)10-13)23(21,22)16-7-3-5-14(17)11-16/h2-7,10-11,20H,8-9H2,1H3. The molecule has 0 aliphatic heterocycles. The van der Waals surface area contributed by atoms with Crippen LogP contribution in [0.2, 0.25) is 5.02 Å². The topological polar surface area (TPSA) is 74.7 Å². The number of hydrogen-bond donors (Lipinski definition) is 1. The van der Waals surface area contributed by atoms with Crippen molar-refractivity contribution in [1.82, 2.24) is 4.31 Å². The van der Waals surface area contributed by atoms with Crippen molar-refractivity contribution in [3.8, 4) is 5.75 Å². The molecule has 2 aromatic rings. The molecule has 0 unspecified atom stereocenters. The summed E-state index contributed by atoms with van der Waals surface area (Å²) in [5, 5.41) is 9.72. The smallest absolute Gasteiger partial charge is 0.266 e. The molecule has 0 aliphatic rings. The average molecular weight is 354 g/mol. The fourth-order valence-electron chi connectivity index (χ4n) is 2.14. The van der Waals surface area contributed by atoms with E-state index in [1.165, 1.54) is 37.3 Å². The van der Waals surface area contributed by atoms with Crippen molar-refractivity contribution < 1.29 is 18.3 Å². The first kappa shape index (κ1) is 17.3. The maximum absolute atomic E-state index is 12.6. The number of halogens is 1. The van der Waals surface area contributed by atoms with Gasteiger partial charge < -0.3 is 5.11 Å². The molecule has 122 valence electrons. The van der Waals surface area contributed by atoms with Crippen molar-refractivity contribution in [2.45, 2.75) is 18.2 Å². The van der Waals surface area contributed by atoms with Crippen LogP contribution in [-0.2, 0) is 21.2 Å². The van der Waals surface area contributed by atoms with E-state index in [-0.39, 0.29) is 22.2 Å². The number of rotatable bonds is 5. The van der Waals surface area contributed by atoms with Gasteiger partial charge in [-0.05, 0) is 42.3 Å². The van der Waals surface area contributed by atoms with Gasteiger partial charge in [-0.1, -0.05) is 29.8 Å². The zero-order chi connectivity index (χ0) is 17.0. The minimum absolute atomic E-state index is 0.0202. The zero-order valence-corrected chi connectivity index (χ0v) is 14.0. The van der Waals surface area contributed by atoms with Crippen molar-refractivity contribution in [3.05, 3.63) is 59.1 Å². The van der Waals surface area contributed by atoms with E-state index in [4.69, 9.17) is 11.6 Å². The van der Waals surface area contributed by atoms with Gasteiger partial charge in [0.25, 0.3) is 10.0 Å². The third kappa shape index (κ3) is 4.24. The number of phenols is 1. The summed E-state index contributed by atoms with van der Waals surface area (Å²) < 4.78 is 26.0. The van der Waals surface area contributed by atoms with Crippen molar-refractivity contribution in [3.63, 3.8) is 0 Å². The predicted molar refractivity (Wildman–Crippen MR) is 87.8 cm³/mol. The Kier molecular flexibility index (Phi) is 5.28. The van der Waals surface area contributed by atoms with Gasteiger partial charge in [0.1, 0.15) is 5.75 Å². The molecule has 0 saturated heterocycles. The van der Waals surface area contributed by atoms with Crippen LogP contribution in [0.3, 0.4) is 0 Å². The highest BCUT2D eigenvalue weighted by atomic mass is 35.5. The molecule has 0 atom stereocenters. The number of sulfonamides is 1. The van der Waals surface area contributed by atoms with Crippen molar-refractivity contribution >= 4 is 27.5 Å². The second-order valence-corrected chi connectivity index (χ2v) is 7.27. The van der Waals surface area contributed by atoms with E-state index in [1.54, 1.807) is 18.2 Å². The van der Waals surface area contributed by atoms with E-state index >= 15 is 0 Å². The minimum atomic E-state index is -3.97. The number of carbonyl (C=O) groups excluding carboxylic acids is 1. The van der Waals surface area contributed by atoms with Crippen LogP contribution >= 0.6 is 11.6 Å². The number of phenolic OH excluding ortho intramolecular Hbond substituents is 1. The Bertz CT molecular complexity index is 820. The normalized spacial score (nSPS) is 11.2. The molecule has 0 fully saturated rings. The van der Waals surface area contributed by atoms with Crippen molar-refractivity contribution in [1.29, 1.82) is 0 Å². The van der Waals surface area contributed by atoms with Crippen LogP contribution in [0.5, 0.6) is 5.75 Å². The molecule has 0 spiro atoms. The van der Waals surface area contributed by atoms with Crippen LogP contribution in [0.25, 0.3) is 0 Å². The molecule has 1 N–H and O–H groups in total. The number of nitrogens with zero attached hydrogens (tertiary/aromatic N) is 1. The average Bonchev–Trinajstić information content (AvgIpc) is 2.47. The second-order valence-electron chi connectivity index (χ2n) is 4.97. The quantitative estimate of drug-likeness (QED) is 0.896. The molecule has 23 heavy (non-hydrogen) atoms. The molecule has 7 heteroatoms. The summed E-state index contributed by atoms with van der Waals surface area (Å²) in [6.45, 7) is 1.18. The van der Waals surface area contributed by atoms with Gasteiger partial charge in [0.05, 0.1) is 4.90 Å². The van der Waals surface area contributed by atoms with Gasteiger partial charge in [0.2, 0.25) is 5.91 Å². The maximum atomic E-state index is 12.6. The first-order valence-corrected chi connectivity index (χ1v) is 8.69. The summed E-state index contributed by atoms with van der Waals surface area (Å²) in [4.78, 5) is 11.8. The largest absolute Gasteiger partial charge is 0.508 e. The van der Waals surface area contributed by atoms with Gasteiger partial charge in [-0.2, -0.15) is 0 Å². The summed E-state index contributed by atoms with van der Waals surface area (Å²) in [5.74, 6) is -0.486.